The van der Waals surface area contributed by atoms with Crippen molar-refractivity contribution in [3.8, 4) is 5.75 Å². The Balaban J connectivity index is 1.71. The Morgan fingerprint density at radius 2 is 1.30 bits per heavy atom. The second-order valence-corrected chi connectivity index (χ2v) is 6.95. The van der Waals surface area contributed by atoms with Gasteiger partial charge in [-0.1, -0.05) is 60.7 Å². The lowest BCUT2D eigenvalue weighted by Gasteiger charge is -2.22. The van der Waals surface area contributed by atoms with Gasteiger partial charge in [-0.05, 0) is 61.5 Å². The lowest BCUT2D eigenvalue weighted by molar-refractivity contribution is 0.242. The van der Waals surface area contributed by atoms with Crippen molar-refractivity contribution in [2.75, 3.05) is 5.32 Å². The molecule has 138 valence electrons. The Kier molecular flexibility index (Phi) is 6.44. The predicted molar refractivity (Wildman–Crippen MR) is 116 cm³/mol. The summed E-state index contributed by atoms with van der Waals surface area (Å²) < 4.78 is 5.68. The first-order valence-electron chi connectivity index (χ1n) is 9.06. The molecule has 0 spiro atoms. The number of hydrogen-bond acceptors (Lipinski definition) is 2. The molecule has 0 aromatic heterocycles. The lowest BCUT2D eigenvalue weighted by Crippen LogP contribution is -2.33. The molecule has 3 aromatic carbocycles. The minimum atomic E-state index is -0.0176. The fourth-order valence-electron chi connectivity index (χ4n) is 2.84. The Labute approximate surface area is 166 Å². The summed E-state index contributed by atoms with van der Waals surface area (Å²) in [7, 11) is 0. The molecule has 0 amide bonds. The van der Waals surface area contributed by atoms with Gasteiger partial charge in [0, 0.05) is 5.69 Å². The molecule has 0 atom stereocenters. The maximum Gasteiger partial charge on any atom is 0.171 e. The average molecular weight is 377 g/mol. The van der Waals surface area contributed by atoms with Gasteiger partial charge in [-0.2, -0.15) is 0 Å². The quantitative estimate of drug-likeness (QED) is 0.553. The highest BCUT2D eigenvalue weighted by atomic mass is 32.1. The fourth-order valence-corrected chi connectivity index (χ4v) is 3.07. The summed E-state index contributed by atoms with van der Waals surface area (Å²) in [6, 6.07) is 28.4. The number of thiocarbonyl (C=S) groups is 1. The first kappa shape index (κ1) is 18.9. The van der Waals surface area contributed by atoms with E-state index in [1.807, 2.05) is 74.5 Å². The maximum atomic E-state index is 5.68. The summed E-state index contributed by atoms with van der Waals surface area (Å²) in [6.07, 6.45) is 0.157. The molecule has 27 heavy (non-hydrogen) atoms. The highest BCUT2D eigenvalue weighted by molar-refractivity contribution is 7.80. The standard InChI is InChI=1S/C23H24N2OS/c1-17(2)26-21-15-13-20(14-16-21)24-23(27)25-22(18-9-5-3-6-10-18)19-11-7-4-8-12-19/h3-17,22H,1-2H3,(H2,24,25,27). The third-order valence-corrected chi connectivity index (χ3v) is 4.25. The van der Waals surface area contributed by atoms with E-state index in [1.54, 1.807) is 0 Å². The molecule has 0 aliphatic carbocycles. The molecule has 3 rings (SSSR count). The van der Waals surface area contributed by atoms with Crippen LogP contribution in [0.25, 0.3) is 0 Å². The van der Waals surface area contributed by atoms with Crippen molar-refractivity contribution >= 4 is 23.0 Å². The number of ether oxygens (including phenoxy) is 1. The van der Waals surface area contributed by atoms with Gasteiger partial charge in [0.2, 0.25) is 0 Å². The molecule has 0 unspecified atom stereocenters. The van der Waals surface area contributed by atoms with Crippen molar-refractivity contribution in [1.82, 2.24) is 5.32 Å². The SMILES string of the molecule is CC(C)Oc1ccc(NC(=S)NC(c2ccccc2)c2ccccc2)cc1. The van der Waals surface area contributed by atoms with Gasteiger partial charge in [0.1, 0.15) is 5.75 Å². The highest BCUT2D eigenvalue weighted by Crippen LogP contribution is 2.22. The second-order valence-electron chi connectivity index (χ2n) is 6.54. The topological polar surface area (TPSA) is 33.3 Å². The molecule has 3 nitrogen and oxygen atoms in total. The van der Waals surface area contributed by atoms with Crippen LogP contribution in [0.15, 0.2) is 84.9 Å². The molecule has 0 saturated carbocycles. The van der Waals surface area contributed by atoms with Gasteiger partial charge >= 0.3 is 0 Å². The summed E-state index contributed by atoms with van der Waals surface area (Å²) in [4.78, 5) is 0. The molecule has 2 N–H and O–H groups in total. The molecule has 0 heterocycles. The molecular weight excluding hydrogens is 352 g/mol. The van der Waals surface area contributed by atoms with Gasteiger partial charge in [-0.15, -0.1) is 0 Å². The maximum absolute atomic E-state index is 5.68. The number of benzene rings is 3. The van der Waals surface area contributed by atoms with E-state index >= 15 is 0 Å². The van der Waals surface area contributed by atoms with Crippen LogP contribution in [-0.2, 0) is 0 Å². The van der Waals surface area contributed by atoms with Crippen molar-refractivity contribution in [3.63, 3.8) is 0 Å². The molecule has 0 fully saturated rings. The van der Waals surface area contributed by atoms with E-state index in [9.17, 15) is 0 Å². The van der Waals surface area contributed by atoms with Crippen LogP contribution in [0.2, 0.25) is 0 Å². The zero-order valence-corrected chi connectivity index (χ0v) is 16.4. The summed E-state index contributed by atoms with van der Waals surface area (Å²) in [5, 5.41) is 7.27. The number of nitrogens with one attached hydrogen (secondary N) is 2. The van der Waals surface area contributed by atoms with Crippen LogP contribution >= 0.6 is 12.2 Å². The third-order valence-electron chi connectivity index (χ3n) is 4.03. The zero-order chi connectivity index (χ0) is 19.1. The highest BCUT2D eigenvalue weighted by Gasteiger charge is 2.14. The van der Waals surface area contributed by atoms with Crippen molar-refractivity contribution < 1.29 is 4.74 Å². The number of rotatable bonds is 6. The largest absolute Gasteiger partial charge is 0.491 e. The third kappa shape index (κ3) is 5.56. The summed E-state index contributed by atoms with van der Waals surface area (Å²) in [6.45, 7) is 4.02. The van der Waals surface area contributed by atoms with E-state index in [1.165, 1.54) is 0 Å². The van der Waals surface area contributed by atoms with Crippen LogP contribution in [0.3, 0.4) is 0 Å². The first-order chi connectivity index (χ1) is 13.1. The van der Waals surface area contributed by atoms with Crippen molar-refractivity contribution in [1.29, 1.82) is 0 Å². The summed E-state index contributed by atoms with van der Waals surface area (Å²) >= 11 is 5.56. The molecule has 4 heteroatoms. The van der Waals surface area contributed by atoms with E-state index < -0.39 is 0 Å². The van der Waals surface area contributed by atoms with Gasteiger partial charge in [-0.3, -0.25) is 0 Å². The Hall–Kier alpha value is -2.85. The van der Waals surface area contributed by atoms with Gasteiger partial charge in [-0.25, -0.2) is 0 Å². The van der Waals surface area contributed by atoms with Crippen LogP contribution in [0.1, 0.15) is 31.0 Å². The molecular formula is C23H24N2OS. The van der Waals surface area contributed by atoms with Crippen molar-refractivity contribution in [3.05, 3.63) is 96.1 Å². The smallest absolute Gasteiger partial charge is 0.171 e. The van der Waals surface area contributed by atoms with E-state index in [0.29, 0.717) is 5.11 Å². The molecule has 0 aliphatic heterocycles. The van der Waals surface area contributed by atoms with Gasteiger partial charge < -0.3 is 15.4 Å². The van der Waals surface area contributed by atoms with Crippen LogP contribution in [0.4, 0.5) is 5.69 Å². The van der Waals surface area contributed by atoms with E-state index in [-0.39, 0.29) is 12.1 Å². The Morgan fingerprint density at radius 1 is 0.778 bits per heavy atom. The lowest BCUT2D eigenvalue weighted by atomic mass is 9.99. The van der Waals surface area contributed by atoms with Gasteiger partial charge in [0.25, 0.3) is 0 Å². The minimum absolute atomic E-state index is 0.0176. The fraction of sp³-hybridized carbons (Fsp3) is 0.174. The number of anilines is 1. The Morgan fingerprint density at radius 3 is 1.78 bits per heavy atom. The minimum Gasteiger partial charge on any atom is -0.491 e. The molecule has 0 bridgehead atoms. The van der Waals surface area contributed by atoms with Crippen LogP contribution in [0.5, 0.6) is 5.75 Å². The first-order valence-corrected chi connectivity index (χ1v) is 9.47. The summed E-state index contributed by atoms with van der Waals surface area (Å²) in [5.74, 6) is 0.848. The van der Waals surface area contributed by atoms with Crippen LogP contribution < -0.4 is 15.4 Å². The van der Waals surface area contributed by atoms with Gasteiger partial charge in [0.15, 0.2) is 5.11 Å². The predicted octanol–water partition coefficient (Wildman–Crippen LogP) is 5.55. The van der Waals surface area contributed by atoms with Crippen molar-refractivity contribution in [2.45, 2.75) is 26.0 Å². The molecule has 0 radical (unpaired) electrons. The molecule has 0 aliphatic rings. The van der Waals surface area contributed by atoms with Crippen LogP contribution in [0, 0.1) is 0 Å². The monoisotopic (exact) mass is 376 g/mol. The second kappa shape index (κ2) is 9.19. The Bertz CT molecular complexity index is 809. The van der Waals surface area contributed by atoms with E-state index in [4.69, 9.17) is 17.0 Å². The molecule has 0 saturated heterocycles. The van der Waals surface area contributed by atoms with E-state index in [0.717, 1.165) is 22.6 Å². The van der Waals surface area contributed by atoms with Gasteiger partial charge in [0.05, 0.1) is 12.1 Å². The summed E-state index contributed by atoms with van der Waals surface area (Å²) in [5.41, 5.74) is 3.24. The van der Waals surface area contributed by atoms with Crippen LogP contribution in [-0.4, -0.2) is 11.2 Å². The molecule has 3 aromatic rings. The van der Waals surface area contributed by atoms with Crippen molar-refractivity contribution in [2.24, 2.45) is 0 Å². The van der Waals surface area contributed by atoms with E-state index in [2.05, 4.69) is 34.9 Å². The average Bonchev–Trinajstić information content (AvgIpc) is 2.69. The number of hydrogen-bond donors (Lipinski definition) is 2. The zero-order valence-electron chi connectivity index (χ0n) is 15.6. The normalized spacial score (nSPS) is 10.7.